The molecule has 0 spiro atoms. The van der Waals surface area contributed by atoms with E-state index in [4.69, 9.17) is 19.7 Å². The maximum atomic E-state index is 9.34. The van der Waals surface area contributed by atoms with E-state index in [0.717, 1.165) is 89.6 Å². The number of aromatic nitrogens is 5. The van der Waals surface area contributed by atoms with Gasteiger partial charge in [0.05, 0.1) is 22.9 Å². The van der Waals surface area contributed by atoms with E-state index in [1.807, 2.05) is 37.5 Å². The largest absolute Gasteiger partial charge is 0.395 e. The molecule has 3 aliphatic heterocycles. The normalized spacial score (nSPS) is 22.6. The molecule has 4 aromatic rings. The fourth-order valence-electron chi connectivity index (χ4n) is 6.15. The summed E-state index contributed by atoms with van der Waals surface area (Å²) in [6.07, 6.45) is 6.09. The minimum Gasteiger partial charge on any atom is -0.395 e. The first-order chi connectivity index (χ1) is 19.6. The van der Waals surface area contributed by atoms with Gasteiger partial charge in [-0.2, -0.15) is 4.98 Å². The fraction of sp³-hybridized carbons (Fsp3) is 0.464. The van der Waals surface area contributed by atoms with Crippen molar-refractivity contribution >= 4 is 45.0 Å². The van der Waals surface area contributed by atoms with Gasteiger partial charge in [0.1, 0.15) is 22.5 Å². The Morgan fingerprint density at radius 2 is 2.00 bits per heavy atom. The predicted molar refractivity (Wildman–Crippen MR) is 157 cm³/mol. The lowest BCUT2D eigenvalue weighted by molar-refractivity contribution is 0.121. The Morgan fingerprint density at radius 1 is 1.07 bits per heavy atom. The fourth-order valence-corrected chi connectivity index (χ4v) is 7.06. The number of hydrogen-bond donors (Lipinski definition) is 2. The SMILES string of the molecule is CO[C@@H]1CCN(c2cc(-c3nc4cc(Nc5cc(C)nc(N6C[C@@H]7C[C@H]6CN7CCO)n5)ncc4s3)ccn2)C1. The van der Waals surface area contributed by atoms with Crippen LogP contribution in [0.5, 0.6) is 0 Å². The van der Waals surface area contributed by atoms with Gasteiger partial charge in [-0.3, -0.25) is 4.90 Å². The first-order valence-electron chi connectivity index (χ1n) is 13.8. The Balaban J connectivity index is 1.09. The average Bonchev–Trinajstić information content (AvgIpc) is 3.76. The van der Waals surface area contributed by atoms with Crippen molar-refractivity contribution in [2.75, 3.05) is 61.6 Å². The van der Waals surface area contributed by atoms with Gasteiger partial charge in [-0.25, -0.2) is 19.9 Å². The molecule has 7 heterocycles. The van der Waals surface area contributed by atoms with E-state index in [2.05, 4.69) is 36.1 Å². The first-order valence-corrected chi connectivity index (χ1v) is 14.6. The summed E-state index contributed by atoms with van der Waals surface area (Å²) in [6.45, 7) is 6.57. The smallest absolute Gasteiger partial charge is 0.227 e. The Hall–Kier alpha value is -3.45. The number of aliphatic hydroxyl groups excluding tert-OH is 1. The third kappa shape index (κ3) is 4.85. The zero-order valence-corrected chi connectivity index (χ0v) is 23.5. The van der Waals surface area contributed by atoms with Crippen LogP contribution in [0.1, 0.15) is 18.5 Å². The zero-order valence-electron chi connectivity index (χ0n) is 22.7. The van der Waals surface area contributed by atoms with Gasteiger partial charge in [0, 0.05) is 87.7 Å². The average molecular weight is 560 g/mol. The van der Waals surface area contributed by atoms with Crippen molar-refractivity contribution in [1.82, 2.24) is 29.8 Å². The van der Waals surface area contributed by atoms with Crippen molar-refractivity contribution in [3.63, 3.8) is 0 Å². The number of anilines is 4. The maximum absolute atomic E-state index is 9.34. The minimum absolute atomic E-state index is 0.202. The molecule has 2 bridgehead atoms. The van der Waals surface area contributed by atoms with Crippen LogP contribution >= 0.6 is 11.3 Å². The predicted octanol–water partition coefficient (Wildman–Crippen LogP) is 3.08. The second kappa shape index (κ2) is 10.5. The molecule has 0 unspecified atom stereocenters. The highest BCUT2D eigenvalue weighted by Crippen LogP contribution is 2.35. The number of rotatable bonds is 8. The lowest BCUT2D eigenvalue weighted by atomic mass is 10.2. The number of nitrogens with one attached hydrogen (secondary N) is 1. The van der Waals surface area contributed by atoms with E-state index in [1.54, 1.807) is 18.4 Å². The molecule has 4 aromatic heterocycles. The van der Waals surface area contributed by atoms with Crippen molar-refractivity contribution in [2.24, 2.45) is 0 Å². The number of thiazole rings is 1. The van der Waals surface area contributed by atoms with Crippen LogP contribution in [0.3, 0.4) is 0 Å². The van der Waals surface area contributed by atoms with Crippen LogP contribution in [-0.4, -0.2) is 99.6 Å². The van der Waals surface area contributed by atoms with E-state index in [-0.39, 0.29) is 12.7 Å². The molecule has 0 radical (unpaired) electrons. The zero-order chi connectivity index (χ0) is 27.2. The number of fused-ring (bicyclic) bond motifs is 3. The van der Waals surface area contributed by atoms with E-state index in [1.165, 1.54) is 0 Å². The second-order valence-electron chi connectivity index (χ2n) is 10.8. The molecule has 0 aromatic carbocycles. The molecule has 3 aliphatic rings. The van der Waals surface area contributed by atoms with E-state index in [0.29, 0.717) is 17.9 Å². The molecule has 0 amide bonds. The summed E-state index contributed by atoms with van der Waals surface area (Å²) in [5.41, 5.74) is 2.85. The third-order valence-corrected chi connectivity index (χ3v) is 9.22. The molecule has 208 valence electrons. The van der Waals surface area contributed by atoms with Crippen LogP contribution in [0.15, 0.2) is 36.7 Å². The van der Waals surface area contributed by atoms with Gasteiger partial charge in [0.2, 0.25) is 5.95 Å². The highest BCUT2D eigenvalue weighted by atomic mass is 32.1. The van der Waals surface area contributed by atoms with Crippen molar-refractivity contribution in [1.29, 1.82) is 0 Å². The first kappa shape index (κ1) is 25.5. The second-order valence-corrected chi connectivity index (χ2v) is 11.8. The van der Waals surface area contributed by atoms with E-state index >= 15 is 0 Å². The van der Waals surface area contributed by atoms with Crippen molar-refractivity contribution in [3.05, 3.63) is 42.4 Å². The van der Waals surface area contributed by atoms with Crippen molar-refractivity contribution < 1.29 is 9.84 Å². The number of ether oxygens (including phenoxy) is 1. The molecule has 3 saturated heterocycles. The Morgan fingerprint density at radius 3 is 2.80 bits per heavy atom. The summed E-state index contributed by atoms with van der Waals surface area (Å²) in [5.74, 6) is 3.13. The number of likely N-dealkylation sites (tertiary alicyclic amines) is 1. The molecule has 0 saturated carbocycles. The summed E-state index contributed by atoms with van der Waals surface area (Å²) in [7, 11) is 1.77. The Kier molecular flexibility index (Phi) is 6.70. The van der Waals surface area contributed by atoms with Crippen molar-refractivity contribution in [3.8, 4) is 10.6 Å². The van der Waals surface area contributed by atoms with Gasteiger partial charge in [-0.1, -0.05) is 0 Å². The number of nitrogens with zero attached hydrogens (tertiary/aromatic N) is 8. The summed E-state index contributed by atoms with van der Waals surface area (Å²) in [4.78, 5) is 30.7. The van der Waals surface area contributed by atoms with Gasteiger partial charge in [-0.05, 0) is 31.9 Å². The van der Waals surface area contributed by atoms with Crippen LogP contribution < -0.4 is 15.1 Å². The van der Waals surface area contributed by atoms with Crippen molar-refractivity contribution in [2.45, 2.75) is 38.0 Å². The number of hydrogen-bond acceptors (Lipinski definition) is 12. The summed E-state index contributed by atoms with van der Waals surface area (Å²) < 4.78 is 6.55. The third-order valence-electron chi connectivity index (χ3n) is 8.17. The number of pyridine rings is 2. The van der Waals surface area contributed by atoms with Gasteiger partial charge in [-0.15, -0.1) is 11.3 Å². The van der Waals surface area contributed by atoms with E-state index in [9.17, 15) is 5.11 Å². The summed E-state index contributed by atoms with van der Waals surface area (Å²) >= 11 is 1.63. The maximum Gasteiger partial charge on any atom is 0.227 e. The summed E-state index contributed by atoms with van der Waals surface area (Å²) in [6, 6.07) is 8.88. The number of aryl methyl sites for hydroxylation is 1. The quantitative estimate of drug-likeness (QED) is 0.332. The van der Waals surface area contributed by atoms with Gasteiger partial charge < -0.3 is 25.0 Å². The topological polar surface area (TPSA) is 116 Å². The number of piperazine rings is 1. The lowest BCUT2D eigenvalue weighted by Gasteiger charge is -2.34. The molecule has 3 fully saturated rings. The molecule has 0 aliphatic carbocycles. The molecule has 40 heavy (non-hydrogen) atoms. The Bertz CT molecular complexity index is 1530. The van der Waals surface area contributed by atoms with Crippen LogP contribution in [0.2, 0.25) is 0 Å². The monoisotopic (exact) mass is 559 g/mol. The lowest BCUT2D eigenvalue weighted by Crippen LogP contribution is -2.47. The van der Waals surface area contributed by atoms with Crippen LogP contribution in [-0.2, 0) is 4.74 Å². The number of β-amino-alcohol motifs (C(OH)–C–C–N with tert-alkyl or cyclic N) is 1. The molecule has 7 rings (SSSR count). The molecular formula is C28H33N9O2S. The van der Waals surface area contributed by atoms with E-state index < -0.39 is 0 Å². The van der Waals surface area contributed by atoms with Crippen LogP contribution in [0.4, 0.5) is 23.4 Å². The number of methoxy groups -OCH3 is 1. The standard InChI is InChI=1S/C28H33N9O2S/c1-17-9-25(34-28(31-17)37-15-19-11-20(37)14-35(19)7-8-38)33-24-12-22-23(13-30-24)40-27(32-22)18-3-5-29-26(10-18)36-6-4-21(16-36)39-2/h3,5,9-10,12-13,19-21,38H,4,6-8,11,14-16H2,1-2H3,(H,30,31,33,34)/t19-,20-,21+/m0/s1. The van der Waals surface area contributed by atoms with Crippen LogP contribution in [0.25, 0.3) is 20.8 Å². The highest BCUT2D eigenvalue weighted by Gasteiger charge is 2.44. The highest BCUT2D eigenvalue weighted by molar-refractivity contribution is 7.21. The molecule has 3 atom stereocenters. The molecule has 12 heteroatoms. The molecule has 2 N–H and O–H groups in total. The van der Waals surface area contributed by atoms with Crippen LogP contribution in [0, 0.1) is 6.92 Å². The minimum atomic E-state index is 0.202. The van der Waals surface area contributed by atoms with Gasteiger partial charge >= 0.3 is 0 Å². The molecular weight excluding hydrogens is 526 g/mol. The van der Waals surface area contributed by atoms with Gasteiger partial charge in [0.15, 0.2) is 0 Å². The summed E-state index contributed by atoms with van der Waals surface area (Å²) in [5, 5.41) is 13.7. The Labute approximate surface area is 236 Å². The molecule has 11 nitrogen and oxygen atoms in total. The number of aliphatic hydroxyl groups is 1. The van der Waals surface area contributed by atoms with Gasteiger partial charge in [0.25, 0.3) is 0 Å².